The van der Waals surface area contributed by atoms with Crippen LogP contribution in [-0.4, -0.2) is 5.78 Å². The molecule has 0 N–H and O–H groups in total. The summed E-state index contributed by atoms with van der Waals surface area (Å²) in [5, 5.41) is 0. The molecule has 3 aromatic carbocycles. The van der Waals surface area contributed by atoms with Gasteiger partial charge in [-0.25, -0.2) is 4.39 Å². The highest BCUT2D eigenvalue weighted by Crippen LogP contribution is 2.33. The molecule has 0 radical (unpaired) electrons. The van der Waals surface area contributed by atoms with Crippen molar-refractivity contribution in [3.63, 3.8) is 0 Å². The van der Waals surface area contributed by atoms with Gasteiger partial charge < -0.3 is 0 Å². The Morgan fingerprint density at radius 1 is 0.625 bits per heavy atom. The minimum absolute atomic E-state index is 0.0303. The fourth-order valence-corrected chi connectivity index (χ4v) is 2.63. The van der Waals surface area contributed by atoms with Crippen molar-refractivity contribution in [2.24, 2.45) is 0 Å². The van der Waals surface area contributed by atoms with Crippen LogP contribution in [0.1, 0.15) is 34.0 Å². The van der Waals surface area contributed by atoms with Crippen LogP contribution < -0.4 is 0 Å². The summed E-state index contributed by atoms with van der Waals surface area (Å²) in [6.45, 7) is 1.50. The van der Waals surface area contributed by atoms with Crippen molar-refractivity contribution in [2.45, 2.75) is 6.92 Å². The minimum atomic E-state index is -0.303. The van der Waals surface area contributed by atoms with E-state index in [1.807, 2.05) is 60.7 Å². The Hall–Kier alpha value is -3.00. The first kappa shape index (κ1) is 15.9. The van der Waals surface area contributed by atoms with E-state index in [4.69, 9.17) is 0 Å². The molecule has 0 fully saturated rings. The highest BCUT2D eigenvalue weighted by molar-refractivity contribution is 5.97. The summed E-state index contributed by atoms with van der Waals surface area (Å²) in [5.74, 6) is -0.334. The van der Waals surface area contributed by atoms with Crippen molar-refractivity contribution in [3.05, 3.63) is 107 Å². The Balaban J connectivity index is 2.16. The van der Waals surface area contributed by atoms with Crippen LogP contribution in [0, 0.1) is 0 Å². The summed E-state index contributed by atoms with van der Waals surface area (Å²) in [6.07, 6.45) is 0. The van der Waals surface area contributed by atoms with E-state index in [-0.39, 0.29) is 11.6 Å². The summed E-state index contributed by atoms with van der Waals surface area (Å²) in [4.78, 5) is 11.4. The second kappa shape index (κ2) is 7.05. The molecule has 118 valence electrons. The highest BCUT2D eigenvalue weighted by Gasteiger charge is 2.14. The van der Waals surface area contributed by atoms with E-state index >= 15 is 4.39 Å². The van der Waals surface area contributed by atoms with Crippen LogP contribution in [0.2, 0.25) is 0 Å². The van der Waals surface area contributed by atoms with Crippen LogP contribution in [0.3, 0.4) is 0 Å². The van der Waals surface area contributed by atoms with Gasteiger partial charge in [-0.05, 0) is 18.1 Å². The minimum Gasteiger partial charge on any atom is -0.295 e. The van der Waals surface area contributed by atoms with Crippen molar-refractivity contribution in [3.8, 4) is 0 Å². The average Bonchev–Trinajstić information content (AvgIpc) is 2.64. The summed E-state index contributed by atoms with van der Waals surface area (Å²) in [5.41, 5.74) is 3.22. The van der Waals surface area contributed by atoms with E-state index in [1.54, 1.807) is 24.3 Å². The molecule has 0 atom stereocenters. The molecule has 0 saturated heterocycles. The van der Waals surface area contributed by atoms with Gasteiger partial charge in [0.1, 0.15) is 5.83 Å². The smallest absolute Gasteiger partial charge is 0.159 e. The molecule has 0 heterocycles. The van der Waals surface area contributed by atoms with Crippen molar-refractivity contribution >= 4 is 17.2 Å². The van der Waals surface area contributed by atoms with Crippen LogP contribution in [-0.2, 0) is 0 Å². The largest absolute Gasteiger partial charge is 0.295 e. The van der Waals surface area contributed by atoms with Crippen molar-refractivity contribution < 1.29 is 9.18 Å². The lowest BCUT2D eigenvalue weighted by Crippen LogP contribution is -1.94. The SMILES string of the molecule is CC(=O)c1ccc(C(F)=C(c2ccccc2)c2ccccc2)cc1. The molecule has 0 bridgehead atoms. The van der Waals surface area contributed by atoms with Gasteiger partial charge in [0.05, 0.1) is 0 Å². The summed E-state index contributed by atoms with van der Waals surface area (Å²) >= 11 is 0. The molecule has 0 unspecified atom stereocenters. The number of hydrogen-bond donors (Lipinski definition) is 0. The van der Waals surface area contributed by atoms with E-state index < -0.39 is 0 Å². The molecular formula is C22H17FO. The molecule has 0 spiro atoms. The Bertz CT molecular complexity index is 821. The molecule has 1 nitrogen and oxygen atoms in total. The van der Waals surface area contributed by atoms with Gasteiger partial charge in [-0.15, -0.1) is 0 Å². The van der Waals surface area contributed by atoms with Crippen molar-refractivity contribution in [2.75, 3.05) is 0 Å². The number of ketones is 1. The topological polar surface area (TPSA) is 17.1 Å². The van der Waals surface area contributed by atoms with E-state index in [2.05, 4.69) is 0 Å². The Morgan fingerprint density at radius 3 is 1.46 bits per heavy atom. The van der Waals surface area contributed by atoms with Crippen LogP contribution in [0.4, 0.5) is 4.39 Å². The number of rotatable bonds is 4. The van der Waals surface area contributed by atoms with E-state index in [1.165, 1.54) is 6.92 Å². The monoisotopic (exact) mass is 316 g/mol. The zero-order valence-corrected chi connectivity index (χ0v) is 13.4. The van der Waals surface area contributed by atoms with Crippen LogP contribution >= 0.6 is 0 Å². The first-order valence-corrected chi connectivity index (χ1v) is 7.79. The third-order valence-electron chi connectivity index (χ3n) is 3.89. The molecule has 0 aliphatic rings. The van der Waals surface area contributed by atoms with Gasteiger partial charge in [-0.1, -0.05) is 84.9 Å². The molecule has 0 amide bonds. The molecule has 0 aliphatic carbocycles. The lowest BCUT2D eigenvalue weighted by Gasteiger charge is -2.11. The second-order valence-electron chi connectivity index (χ2n) is 5.55. The summed E-state index contributed by atoms with van der Waals surface area (Å²) in [6, 6.07) is 25.6. The average molecular weight is 316 g/mol. The maximum absolute atomic E-state index is 15.3. The zero-order chi connectivity index (χ0) is 16.9. The third kappa shape index (κ3) is 3.33. The molecule has 3 aromatic rings. The number of carbonyl (C=O) groups is 1. The fourth-order valence-electron chi connectivity index (χ4n) is 2.63. The van der Waals surface area contributed by atoms with Gasteiger partial charge in [-0.2, -0.15) is 0 Å². The van der Waals surface area contributed by atoms with Gasteiger partial charge in [0, 0.05) is 16.7 Å². The van der Waals surface area contributed by atoms with E-state index in [0.29, 0.717) is 16.7 Å². The number of hydrogen-bond acceptors (Lipinski definition) is 1. The van der Waals surface area contributed by atoms with Crippen molar-refractivity contribution in [1.29, 1.82) is 0 Å². The number of halogens is 1. The van der Waals surface area contributed by atoms with Crippen LogP contribution in [0.25, 0.3) is 11.4 Å². The third-order valence-corrected chi connectivity index (χ3v) is 3.89. The van der Waals surface area contributed by atoms with Gasteiger partial charge in [0.25, 0.3) is 0 Å². The predicted molar refractivity (Wildman–Crippen MR) is 96.4 cm³/mol. The second-order valence-corrected chi connectivity index (χ2v) is 5.55. The molecule has 24 heavy (non-hydrogen) atoms. The van der Waals surface area contributed by atoms with Gasteiger partial charge in [0.15, 0.2) is 5.78 Å². The quantitative estimate of drug-likeness (QED) is 0.441. The molecule has 0 saturated carbocycles. The Labute approximate surface area is 141 Å². The number of benzene rings is 3. The maximum atomic E-state index is 15.3. The van der Waals surface area contributed by atoms with Crippen molar-refractivity contribution in [1.82, 2.24) is 0 Å². The predicted octanol–water partition coefficient (Wildman–Crippen LogP) is 5.78. The van der Waals surface area contributed by atoms with Crippen LogP contribution in [0.5, 0.6) is 0 Å². The molecule has 3 rings (SSSR count). The molecular weight excluding hydrogens is 299 g/mol. The van der Waals surface area contributed by atoms with E-state index in [0.717, 1.165) is 11.1 Å². The zero-order valence-electron chi connectivity index (χ0n) is 13.4. The molecule has 2 heteroatoms. The lowest BCUT2D eigenvalue weighted by molar-refractivity contribution is 0.101. The summed E-state index contributed by atoms with van der Waals surface area (Å²) < 4.78 is 15.3. The Morgan fingerprint density at radius 2 is 1.04 bits per heavy atom. The summed E-state index contributed by atoms with van der Waals surface area (Å²) in [7, 11) is 0. The lowest BCUT2D eigenvalue weighted by atomic mass is 9.94. The number of Topliss-reactive ketones (excluding diaryl/α,β-unsaturated/α-hetero) is 1. The van der Waals surface area contributed by atoms with E-state index in [9.17, 15) is 4.79 Å². The van der Waals surface area contributed by atoms with Crippen LogP contribution in [0.15, 0.2) is 84.9 Å². The normalized spacial score (nSPS) is 10.2. The maximum Gasteiger partial charge on any atom is 0.159 e. The first-order chi connectivity index (χ1) is 11.7. The standard InChI is InChI=1S/C22H17FO/c1-16(24)17-12-14-20(15-13-17)22(23)21(18-8-4-2-5-9-18)19-10-6-3-7-11-19/h2-15H,1H3. The molecule has 0 aromatic heterocycles. The van der Waals surface area contributed by atoms with Gasteiger partial charge >= 0.3 is 0 Å². The Kier molecular flexibility index (Phi) is 4.66. The highest BCUT2D eigenvalue weighted by atomic mass is 19.1. The first-order valence-electron chi connectivity index (χ1n) is 7.79. The molecule has 0 aliphatic heterocycles. The number of carbonyl (C=O) groups excluding carboxylic acids is 1. The fraction of sp³-hybridized carbons (Fsp3) is 0.0455. The van der Waals surface area contributed by atoms with Gasteiger partial charge in [0.2, 0.25) is 0 Å². The van der Waals surface area contributed by atoms with Gasteiger partial charge in [-0.3, -0.25) is 4.79 Å².